The van der Waals surface area contributed by atoms with Crippen molar-refractivity contribution >= 4 is 12.4 Å². The fraction of sp³-hybridized carbons (Fsp3) is 0.500. The lowest BCUT2D eigenvalue weighted by atomic mass is 10.1. The zero-order valence-electron chi connectivity index (χ0n) is 12.3. The van der Waals surface area contributed by atoms with E-state index in [4.69, 9.17) is 0 Å². The van der Waals surface area contributed by atoms with Crippen molar-refractivity contribution in [3.05, 3.63) is 35.4 Å². The molecule has 0 spiro atoms. The molecule has 0 aromatic heterocycles. The van der Waals surface area contributed by atoms with Crippen molar-refractivity contribution in [1.29, 1.82) is 0 Å². The van der Waals surface area contributed by atoms with Crippen molar-refractivity contribution in [2.24, 2.45) is 9.98 Å². The maximum absolute atomic E-state index is 4.48. The van der Waals surface area contributed by atoms with Crippen LogP contribution in [-0.2, 0) is 0 Å². The van der Waals surface area contributed by atoms with Crippen LogP contribution in [0.5, 0.6) is 0 Å². The molecule has 0 atom stereocenters. The maximum Gasteiger partial charge on any atom is 0.0524 e. The predicted molar refractivity (Wildman–Crippen MR) is 80.0 cm³/mol. The van der Waals surface area contributed by atoms with Crippen LogP contribution >= 0.6 is 0 Å². The summed E-state index contributed by atoms with van der Waals surface area (Å²) >= 11 is 0. The van der Waals surface area contributed by atoms with Gasteiger partial charge in [0, 0.05) is 29.6 Å². The number of aliphatic imine (C=N–C) groups is 2. The molecule has 1 aromatic rings. The van der Waals surface area contributed by atoms with Gasteiger partial charge in [0.25, 0.3) is 0 Å². The molecule has 0 saturated carbocycles. The molecule has 0 aliphatic carbocycles. The second kappa shape index (κ2) is 5.47. The van der Waals surface area contributed by atoms with Gasteiger partial charge in [-0.25, -0.2) is 0 Å². The van der Waals surface area contributed by atoms with Crippen LogP contribution in [0.2, 0.25) is 0 Å². The third kappa shape index (κ3) is 6.33. The molecule has 0 fully saturated rings. The minimum Gasteiger partial charge on any atom is -0.287 e. The van der Waals surface area contributed by atoms with Crippen LogP contribution in [0.1, 0.15) is 52.7 Å². The molecule has 18 heavy (non-hydrogen) atoms. The van der Waals surface area contributed by atoms with Gasteiger partial charge in [0.05, 0.1) is 11.1 Å². The number of hydrogen-bond donors (Lipinski definition) is 0. The number of nitrogens with zero attached hydrogens (tertiary/aromatic N) is 2. The average molecular weight is 243 g/mol. The Kier molecular flexibility index (Phi) is 4.44. The van der Waals surface area contributed by atoms with Gasteiger partial charge in [0.2, 0.25) is 0 Å². The summed E-state index contributed by atoms with van der Waals surface area (Å²) in [5, 5.41) is 0. The molecule has 0 heterocycles. The summed E-state index contributed by atoms with van der Waals surface area (Å²) in [6.07, 6.45) is 3.74. The average Bonchev–Trinajstić information content (AvgIpc) is 2.22. The molecule has 1 rings (SSSR count). The largest absolute Gasteiger partial charge is 0.287 e. The SMILES string of the molecule is CC(C)(C)N=Cc1[c]c(C=NC(C)(C)C)ccc1. The summed E-state index contributed by atoms with van der Waals surface area (Å²) in [6, 6.07) is 9.30. The first-order valence-electron chi connectivity index (χ1n) is 6.28. The Morgan fingerprint density at radius 2 is 1.22 bits per heavy atom. The highest BCUT2D eigenvalue weighted by atomic mass is 14.8. The quantitative estimate of drug-likeness (QED) is 0.703. The van der Waals surface area contributed by atoms with Crippen LogP contribution in [0, 0.1) is 6.07 Å². The van der Waals surface area contributed by atoms with Crippen LogP contribution in [0.3, 0.4) is 0 Å². The van der Waals surface area contributed by atoms with E-state index in [1.165, 1.54) is 0 Å². The van der Waals surface area contributed by atoms with Gasteiger partial charge in [-0.05, 0) is 41.5 Å². The van der Waals surface area contributed by atoms with Crippen molar-refractivity contribution in [2.75, 3.05) is 0 Å². The second-order valence-corrected chi connectivity index (χ2v) is 6.42. The molecule has 97 valence electrons. The summed E-state index contributed by atoms with van der Waals surface area (Å²) in [6.45, 7) is 12.5. The van der Waals surface area contributed by atoms with Gasteiger partial charge < -0.3 is 0 Å². The lowest BCUT2D eigenvalue weighted by Gasteiger charge is -2.11. The van der Waals surface area contributed by atoms with E-state index in [1.807, 2.05) is 30.6 Å². The van der Waals surface area contributed by atoms with Gasteiger partial charge in [0.1, 0.15) is 0 Å². The van der Waals surface area contributed by atoms with Crippen LogP contribution in [0.4, 0.5) is 0 Å². The fourth-order valence-electron chi connectivity index (χ4n) is 1.18. The highest BCUT2D eigenvalue weighted by Gasteiger charge is 2.06. The molecule has 2 heteroatoms. The van der Waals surface area contributed by atoms with E-state index in [1.54, 1.807) is 0 Å². The summed E-state index contributed by atoms with van der Waals surface area (Å²) < 4.78 is 0. The Balaban J connectivity index is 2.87. The van der Waals surface area contributed by atoms with Crippen LogP contribution in [-0.4, -0.2) is 23.5 Å². The molecular formula is C16H23N2. The van der Waals surface area contributed by atoms with Gasteiger partial charge >= 0.3 is 0 Å². The monoisotopic (exact) mass is 243 g/mol. The lowest BCUT2D eigenvalue weighted by Crippen LogP contribution is -2.10. The lowest BCUT2D eigenvalue weighted by molar-refractivity contribution is 0.586. The summed E-state index contributed by atoms with van der Waals surface area (Å²) in [7, 11) is 0. The molecular weight excluding hydrogens is 220 g/mol. The maximum atomic E-state index is 4.48. The molecule has 0 amide bonds. The third-order valence-electron chi connectivity index (χ3n) is 2.02. The summed E-state index contributed by atoms with van der Waals surface area (Å²) in [4.78, 5) is 8.95. The molecule has 1 radical (unpaired) electrons. The van der Waals surface area contributed by atoms with Crippen LogP contribution in [0.15, 0.2) is 28.2 Å². The molecule has 0 N–H and O–H groups in total. The normalized spacial score (nSPS) is 13.7. The number of benzene rings is 1. The first-order valence-corrected chi connectivity index (χ1v) is 6.28. The summed E-state index contributed by atoms with van der Waals surface area (Å²) in [5.74, 6) is 0. The zero-order valence-corrected chi connectivity index (χ0v) is 12.3. The predicted octanol–water partition coefficient (Wildman–Crippen LogP) is 3.92. The van der Waals surface area contributed by atoms with Crippen molar-refractivity contribution in [2.45, 2.75) is 52.6 Å². The third-order valence-corrected chi connectivity index (χ3v) is 2.02. The second-order valence-electron chi connectivity index (χ2n) is 6.42. The van der Waals surface area contributed by atoms with E-state index in [0.29, 0.717) is 0 Å². The van der Waals surface area contributed by atoms with Crippen LogP contribution < -0.4 is 0 Å². The summed E-state index contributed by atoms with van der Waals surface area (Å²) in [5.41, 5.74) is 1.87. The van der Waals surface area contributed by atoms with E-state index in [2.05, 4.69) is 57.6 Å². The number of rotatable bonds is 2. The Morgan fingerprint density at radius 3 is 1.56 bits per heavy atom. The Bertz CT molecular complexity index is 404. The van der Waals surface area contributed by atoms with Gasteiger partial charge in [-0.15, -0.1) is 0 Å². The van der Waals surface area contributed by atoms with Gasteiger partial charge in [-0.2, -0.15) is 0 Å². The highest BCUT2D eigenvalue weighted by molar-refractivity contribution is 5.85. The standard InChI is InChI=1S/C16H23N2/c1-15(2,3)17-11-13-8-7-9-14(10-13)12-18-16(4,5)6/h7-9,11-12H,1-6H3. The molecule has 1 aromatic carbocycles. The highest BCUT2D eigenvalue weighted by Crippen LogP contribution is 2.09. The molecule has 0 saturated heterocycles. The molecule has 2 nitrogen and oxygen atoms in total. The molecule has 0 bridgehead atoms. The smallest absolute Gasteiger partial charge is 0.0524 e. The van der Waals surface area contributed by atoms with E-state index in [9.17, 15) is 0 Å². The molecule has 0 aliphatic heterocycles. The van der Waals surface area contributed by atoms with E-state index >= 15 is 0 Å². The van der Waals surface area contributed by atoms with Crippen LogP contribution in [0.25, 0.3) is 0 Å². The van der Waals surface area contributed by atoms with Crippen molar-refractivity contribution in [3.8, 4) is 0 Å². The van der Waals surface area contributed by atoms with E-state index in [-0.39, 0.29) is 11.1 Å². The number of hydrogen-bond acceptors (Lipinski definition) is 2. The van der Waals surface area contributed by atoms with E-state index < -0.39 is 0 Å². The van der Waals surface area contributed by atoms with Gasteiger partial charge in [-0.3, -0.25) is 9.98 Å². The fourth-order valence-corrected chi connectivity index (χ4v) is 1.18. The minimum absolute atomic E-state index is 0.0522. The van der Waals surface area contributed by atoms with Crippen molar-refractivity contribution in [3.63, 3.8) is 0 Å². The molecule has 0 unspecified atom stereocenters. The van der Waals surface area contributed by atoms with E-state index in [0.717, 1.165) is 11.1 Å². The Morgan fingerprint density at radius 1 is 0.833 bits per heavy atom. The van der Waals surface area contributed by atoms with Crippen molar-refractivity contribution < 1.29 is 0 Å². The molecule has 0 aliphatic rings. The van der Waals surface area contributed by atoms with Gasteiger partial charge in [-0.1, -0.05) is 18.2 Å². The Labute approximate surface area is 111 Å². The minimum atomic E-state index is -0.0522. The first-order chi connectivity index (χ1) is 8.16. The van der Waals surface area contributed by atoms with Crippen molar-refractivity contribution in [1.82, 2.24) is 0 Å². The van der Waals surface area contributed by atoms with Gasteiger partial charge in [0.15, 0.2) is 0 Å². The topological polar surface area (TPSA) is 24.7 Å². The first kappa shape index (κ1) is 14.6. The zero-order chi connectivity index (χ0) is 13.8. The Hall–Kier alpha value is -1.44.